The zero-order valence-electron chi connectivity index (χ0n) is 15.2. The molecule has 0 spiro atoms. The van der Waals surface area contributed by atoms with E-state index in [1.807, 2.05) is 12.2 Å². The third kappa shape index (κ3) is 5.36. The van der Waals surface area contributed by atoms with Gasteiger partial charge in [0.25, 0.3) is 5.91 Å². The number of imide groups is 1. The minimum atomic E-state index is -1.51. The minimum Gasteiger partial charge on any atom is -0.382 e. The lowest BCUT2D eigenvalue weighted by atomic mass is 9.86. The maximum atomic E-state index is 12.4. The van der Waals surface area contributed by atoms with Crippen LogP contribution in [-0.4, -0.2) is 72.8 Å². The first-order valence-corrected chi connectivity index (χ1v) is 9.07. The Morgan fingerprint density at radius 1 is 1.27 bits per heavy atom. The van der Waals surface area contributed by atoms with E-state index in [0.717, 1.165) is 0 Å². The molecule has 3 amide bonds. The molecule has 1 aliphatic carbocycles. The van der Waals surface area contributed by atoms with Crippen molar-refractivity contribution in [1.82, 2.24) is 10.2 Å². The number of carbonyl (C=O) groups excluding carboxylic acids is 3. The summed E-state index contributed by atoms with van der Waals surface area (Å²) in [6.45, 7) is 1.57. The molecule has 0 aromatic rings. The van der Waals surface area contributed by atoms with Gasteiger partial charge < -0.3 is 19.9 Å². The first-order chi connectivity index (χ1) is 12.5. The SMILES string of the molecule is COCCOCCNC(=O)[C@]1(O)CC/C=C/C(N2C(=O)CCC2=O)CC1. The second-order valence-electron chi connectivity index (χ2n) is 6.62. The van der Waals surface area contributed by atoms with Gasteiger partial charge in [-0.3, -0.25) is 19.3 Å². The topological polar surface area (TPSA) is 105 Å². The molecule has 26 heavy (non-hydrogen) atoms. The monoisotopic (exact) mass is 368 g/mol. The van der Waals surface area contributed by atoms with E-state index in [1.165, 1.54) is 4.90 Å². The van der Waals surface area contributed by atoms with Crippen molar-refractivity contribution >= 4 is 17.7 Å². The number of likely N-dealkylation sites (tertiary alicyclic amines) is 1. The Labute approximate surface area is 153 Å². The summed E-state index contributed by atoms with van der Waals surface area (Å²) in [5.74, 6) is -0.821. The van der Waals surface area contributed by atoms with Crippen LogP contribution in [0.3, 0.4) is 0 Å². The van der Waals surface area contributed by atoms with E-state index >= 15 is 0 Å². The second-order valence-corrected chi connectivity index (χ2v) is 6.62. The molecular weight excluding hydrogens is 340 g/mol. The van der Waals surface area contributed by atoms with E-state index in [-0.39, 0.29) is 31.1 Å². The molecule has 0 radical (unpaired) electrons. The van der Waals surface area contributed by atoms with Crippen molar-refractivity contribution in [1.29, 1.82) is 0 Å². The molecule has 0 aromatic carbocycles. The average Bonchev–Trinajstić information content (AvgIpc) is 2.94. The van der Waals surface area contributed by atoms with Crippen molar-refractivity contribution in [3.8, 4) is 0 Å². The molecule has 2 N–H and O–H groups in total. The fourth-order valence-electron chi connectivity index (χ4n) is 3.23. The van der Waals surface area contributed by atoms with E-state index in [2.05, 4.69) is 5.32 Å². The lowest BCUT2D eigenvalue weighted by Gasteiger charge is -2.32. The average molecular weight is 368 g/mol. The molecule has 1 heterocycles. The molecule has 0 aromatic heterocycles. The van der Waals surface area contributed by atoms with Gasteiger partial charge in [-0.25, -0.2) is 0 Å². The zero-order chi connectivity index (χ0) is 19.0. The van der Waals surface area contributed by atoms with E-state index in [4.69, 9.17) is 9.47 Å². The molecule has 0 saturated carbocycles. The molecule has 2 rings (SSSR count). The Bertz CT molecular complexity index is 534. The lowest BCUT2D eigenvalue weighted by molar-refractivity contribution is -0.143. The maximum absolute atomic E-state index is 12.4. The number of aliphatic hydroxyl groups is 1. The van der Waals surface area contributed by atoms with Gasteiger partial charge in [-0.05, 0) is 25.7 Å². The van der Waals surface area contributed by atoms with Gasteiger partial charge in [0.2, 0.25) is 11.8 Å². The van der Waals surface area contributed by atoms with E-state index in [9.17, 15) is 19.5 Å². The van der Waals surface area contributed by atoms with Crippen LogP contribution in [0.15, 0.2) is 12.2 Å². The highest BCUT2D eigenvalue weighted by Gasteiger charge is 2.39. The largest absolute Gasteiger partial charge is 0.382 e. The number of ether oxygens (including phenoxy) is 2. The summed E-state index contributed by atoms with van der Waals surface area (Å²) in [5, 5.41) is 13.5. The van der Waals surface area contributed by atoms with E-state index in [0.29, 0.717) is 45.6 Å². The molecule has 146 valence electrons. The molecule has 1 aliphatic heterocycles. The van der Waals surface area contributed by atoms with E-state index < -0.39 is 17.6 Å². The number of methoxy groups -OCH3 is 1. The van der Waals surface area contributed by atoms with Crippen LogP contribution in [0, 0.1) is 0 Å². The number of allylic oxidation sites excluding steroid dienone is 1. The first-order valence-electron chi connectivity index (χ1n) is 9.07. The molecule has 8 nitrogen and oxygen atoms in total. The Hall–Kier alpha value is -1.77. The van der Waals surface area contributed by atoms with Crippen LogP contribution < -0.4 is 5.32 Å². The lowest BCUT2D eigenvalue weighted by Crippen LogP contribution is -2.49. The molecule has 2 aliphatic rings. The zero-order valence-corrected chi connectivity index (χ0v) is 15.2. The van der Waals surface area contributed by atoms with Gasteiger partial charge in [-0.15, -0.1) is 0 Å². The van der Waals surface area contributed by atoms with Crippen molar-refractivity contribution < 1.29 is 29.0 Å². The molecule has 8 heteroatoms. The number of hydrogen-bond donors (Lipinski definition) is 2. The van der Waals surface area contributed by atoms with Crippen LogP contribution in [0.1, 0.15) is 38.5 Å². The van der Waals surface area contributed by atoms with E-state index in [1.54, 1.807) is 7.11 Å². The second kappa shape index (κ2) is 9.80. The smallest absolute Gasteiger partial charge is 0.252 e. The normalized spacial score (nSPS) is 27.9. The van der Waals surface area contributed by atoms with Crippen LogP contribution in [0.4, 0.5) is 0 Å². The third-order valence-corrected chi connectivity index (χ3v) is 4.74. The minimum absolute atomic E-state index is 0.188. The Balaban J connectivity index is 1.87. The highest BCUT2D eigenvalue weighted by atomic mass is 16.5. The molecule has 1 unspecified atom stereocenters. The Kier molecular flexibility index (Phi) is 7.74. The Morgan fingerprint density at radius 3 is 2.69 bits per heavy atom. The summed E-state index contributed by atoms with van der Waals surface area (Å²) in [5.41, 5.74) is -1.51. The quantitative estimate of drug-likeness (QED) is 0.359. The highest BCUT2D eigenvalue weighted by Crippen LogP contribution is 2.28. The summed E-state index contributed by atoms with van der Waals surface area (Å²) >= 11 is 0. The Morgan fingerprint density at radius 2 is 2.00 bits per heavy atom. The van der Waals surface area contributed by atoms with Crippen molar-refractivity contribution in [3.63, 3.8) is 0 Å². The van der Waals surface area contributed by atoms with Crippen LogP contribution in [0.2, 0.25) is 0 Å². The number of nitrogens with zero attached hydrogens (tertiary/aromatic N) is 1. The van der Waals surface area contributed by atoms with Crippen LogP contribution in [0.5, 0.6) is 0 Å². The predicted molar refractivity (Wildman–Crippen MR) is 93.1 cm³/mol. The van der Waals surface area contributed by atoms with Gasteiger partial charge in [0.1, 0.15) is 5.60 Å². The fraction of sp³-hybridized carbons (Fsp3) is 0.722. The van der Waals surface area contributed by atoms with Crippen LogP contribution in [-0.2, 0) is 23.9 Å². The number of hydrogen-bond acceptors (Lipinski definition) is 6. The number of amides is 3. The molecular formula is C18H28N2O6. The number of carbonyl (C=O) groups is 3. The van der Waals surface area contributed by atoms with Gasteiger partial charge >= 0.3 is 0 Å². The van der Waals surface area contributed by atoms with Gasteiger partial charge in [-0.2, -0.15) is 0 Å². The van der Waals surface area contributed by atoms with Gasteiger partial charge in [0.05, 0.1) is 25.9 Å². The summed E-state index contributed by atoms with van der Waals surface area (Å²) in [6.07, 6.45) is 5.48. The van der Waals surface area contributed by atoms with Crippen LogP contribution >= 0.6 is 0 Å². The summed E-state index contributed by atoms with van der Waals surface area (Å²) in [6, 6.07) is -0.394. The van der Waals surface area contributed by atoms with Crippen molar-refractivity contribution in [2.24, 2.45) is 0 Å². The third-order valence-electron chi connectivity index (χ3n) is 4.74. The van der Waals surface area contributed by atoms with Crippen molar-refractivity contribution in [2.45, 2.75) is 50.2 Å². The predicted octanol–water partition coefficient (Wildman–Crippen LogP) is 0.145. The molecule has 1 saturated heterocycles. The van der Waals surface area contributed by atoms with Gasteiger partial charge in [0, 0.05) is 26.5 Å². The van der Waals surface area contributed by atoms with Crippen molar-refractivity contribution in [2.75, 3.05) is 33.5 Å². The summed E-state index contributed by atoms with van der Waals surface area (Å²) in [7, 11) is 1.58. The maximum Gasteiger partial charge on any atom is 0.252 e. The molecule has 1 fully saturated rings. The standard InChI is InChI=1S/C18H28N2O6/c1-25-12-13-26-11-10-19-17(23)18(24)8-3-2-4-14(7-9-18)20-15(21)5-6-16(20)22/h2,4,14,24H,3,5-13H2,1H3,(H,19,23)/b4-2+/t14?,18-/m0/s1. The van der Waals surface area contributed by atoms with Gasteiger partial charge in [-0.1, -0.05) is 12.2 Å². The highest BCUT2D eigenvalue weighted by molar-refractivity contribution is 6.02. The van der Waals surface area contributed by atoms with Crippen molar-refractivity contribution in [3.05, 3.63) is 12.2 Å². The fourth-order valence-corrected chi connectivity index (χ4v) is 3.23. The van der Waals surface area contributed by atoms with Gasteiger partial charge in [0.15, 0.2) is 0 Å². The first kappa shape index (κ1) is 20.5. The molecule has 0 bridgehead atoms. The van der Waals surface area contributed by atoms with Crippen LogP contribution in [0.25, 0.3) is 0 Å². The molecule has 2 atom stereocenters. The summed E-state index contributed by atoms with van der Waals surface area (Å²) < 4.78 is 10.1. The number of nitrogens with one attached hydrogen (secondary N) is 1. The number of rotatable bonds is 8. The summed E-state index contributed by atoms with van der Waals surface area (Å²) in [4.78, 5) is 37.6.